The molecule has 1 N–H and O–H groups in total. The number of benzene rings is 2. The zero-order chi connectivity index (χ0) is 19.0. The molecule has 1 aliphatic carbocycles. The Balaban J connectivity index is 1.44. The van der Waals surface area contributed by atoms with Crippen molar-refractivity contribution in [3.05, 3.63) is 70.5 Å². The lowest BCUT2D eigenvalue weighted by atomic mass is 10.0. The molecule has 0 aliphatic heterocycles. The Morgan fingerprint density at radius 1 is 1.11 bits per heavy atom. The van der Waals surface area contributed by atoms with E-state index < -0.39 is 11.7 Å². The number of hydrogen-bond donors (Lipinski definition) is 1. The predicted octanol–water partition coefficient (Wildman–Crippen LogP) is 4.80. The summed E-state index contributed by atoms with van der Waals surface area (Å²) in [4.78, 5) is 12.3. The third-order valence-corrected chi connectivity index (χ3v) is 4.96. The molecule has 0 saturated heterocycles. The fourth-order valence-electron chi connectivity index (χ4n) is 3.58. The van der Waals surface area contributed by atoms with Gasteiger partial charge in [0, 0.05) is 17.5 Å². The number of carbonyl (C=O) groups is 1. The molecule has 1 aliphatic rings. The van der Waals surface area contributed by atoms with Crippen molar-refractivity contribution in [1.82, 2.24) is 5.32 Å². The molecule has 140 valence electrons. The molecule has 2 aromatic carbocycles. The second kappa shape index (κ2) is 6.76. The summed E-state index contributed by atoms with van der Waals surface area (Å²) in [6.45, 7) is 0.0495. The summed E-state index contributed by atoms with van der Waals surface area (Å²) in [6, 6.07) is 9.11. The third-order valence-electron chi connectivity index (χ3n) is 4.96. The minimum Gasteiger partial charge on any atom is -0.464 e. The fraction of sp³-hybridized carbons (Fsp3) is 0.286. The standard InChI is InChI=1S/C21H18F3NO2/c22-21(23,24)17-6-1-3-13(7-17)11-25-20(26)10-16-12-27-19-9-15-5-2-4-14(15)8-18(16)19/h1,3,6-9,12H,2,4-5,10-11H2,(H,25,26). The molecule has 0 saturated carbocycles. The molecule has 4 rings (SSSR count). The van der Waals surface area contributed by atoms with E-state index in [0.29, 0.717) is 5.56 Å². The predicted molar refractivity (Wildman–Crippen MR) is 95.2 cm³/mol. The van der Waals surface area contributed by atoms with Gasteiger partial charge in [-0.1, -0.05) is 12.1 Å². The van der Waals surface area contributed by atoms with Crippen LogP contribution in [0.3, 0.4) is 0 Å². The van der Waals surface area contributed by atoms with Gasteiger partial charge in [-0.25, -0.2) is 0 Å². The third kappa shape index (κ3) is 3.70. The molecular weight excluding hydrogens is 355 g/mol. The Bertz CT molecular complexity index is 1000. The van der Waals surface area contributed by atoms with Crippen LogP contribution in [0.1, 0.15) is 34.2 Å². The first kappa shape index (κ1) is 17.6. The van der Waals surface area contributed by atoms with Gasteiger partial charge in [0.1, 0.15) is 5.58 Å². The van der Waals surface area contributed by atoms with Gasteiger partial charge in [-0.3, -0.25) is 4.79 Å². The molecule has 27 heavy (non-hydrogen) atoms. The molecule has 0 radical (unpaired) electrons. The van der Waals surface area contributed by atoms with E-state index in [1.165, 1.54) is 17.2 Å². The van der Waals surface area contributed by atoms with Crippen molar-refractivity contribution in [2.75, 3.05) is 0 Å². The van der Waals surface area contributed by atoms with Crippen LogP contribution >= 0.6 is 0 Å². The molecule has 0 spiro atoms. The maximum atomic E-state index is 12.8. The van der Waals surface area contributed by atoms with Gasteiger partial charge < -0.3 is 9.73 Å². The van der Waals surface area contributed by atoms with Crippen LogP contribution in [0, 0.1) is 0 Å². The largest absolute Gasteiger partial charge is 0.464 e. The van der Waals surface area contributed by atoms with Gasteiger partial charge >= 0.3 is 6.18 Å². The molecule has 1 amide bonds. The number of carbonyl (C=O) groups excluding carboxylic acids is 1. The van der Waals surface area contributed by atoms with E-state index in [1.54, 1.807) is 12.3 Å². The number of amides is 1. The number of furan rings is 1. The van der Waals surface area contributed by atoms with Crippen LogP contribution in [0.25, 0.3) is 11.0 Å². The van der Waals surface area contributed by atoms with Gasteiger partial charge in [0.15, 0.2) is 0 Å². The first-order valence-corrected chi connectivity index (χ1v) is 8.85. The highest BCUT2D eigenvalue weighted by atomic mass is 19.4. The number of halogens is 3. The molecule has 3 aromatic rings. The van der Waals surface area contributed by atoms with Crippen LogP contribution in [-0.4, -0.2) is 5.91 Å². The number of fused-ring (bicyclic) bond motifs is 2. The number of aryl methyl sites for hydroxylation is 2. The summed E-state index contributed by atoms with van der Waals surface area (Å²) in [5, 5.41) is 3.62. The van der Waals surface area contributed by atoms with E-state index in [1.807, 2.05) is 6.07 Å². The second-order valence-electron chi connectivity index (χ2n) is 6.88. The van der Waals surface area contributed by atoms with Crippen molar-refractivity contribution in [3.63, 3.8) is 0 Å². The highest BCUT2D eigenvalue weighted by molar-refractivity contribution is 5.88. The van der Waals surface area contributed by atoms with Crippen LogP contribution in [0.2, 0.25) is 0 Å². The lowest BCUT2D eigenvalue weighted by Crippen LogP contribution is -2.24. The Kier molecular flexibility index (Phi) is 4.42. The molecule has 6 heteroatoms. The van der Waals surface area contributed by atoms with Crippen LogP contribution in [-0.2, 0) is 36.8 Å². The van der Waals surface area contributed by atoms with Gasteiger partial charge in [-0.15, -0.1) is 0 Å². The first-order chi connectivity index (χ1) is 12.9. The van der Waals surface area contributed by atoms with Crippen LogP contribution in [0.4, 0.5) is 13.2 Å². The fourth-order valence-corrected chi connectivity index (χ4v) is 3.58. The van der Waals surface area contributed by atoms with E-state index in [-0.39, 0.29) is 18.9 Å². The highest BCUT2D eigenvalue weighted by Crippen LogP contribution is 2.31. The SMILES string of the molecule is O=C(Cc1coc2cc3c(cc12)CCC3)NCc1cccc(C(F)(F)F)c1. The van der Waals surface area contributed by atoms with Crippen LogP contribution in [0.5, 0.6) is 0 Å². The first-order valence-electron chi connectivity index (χ1n) is 8.85. The van der Waals surface area contributed by atoms with Crippen molar-refractivity contribution in [1.29, 1.82) is 0 Å². The molecule has 1 aromatic heterocycles. The maximum Gasteiger partial charge on any atom is 0.416 e. The minimum atomic E-state index is -4.39. The van der Waals surface area contributed by atoms with E-state index >= 15 is 0 Å². The molecule has 0 atom stereocenters. The monoisotopic (exact) mass is 373 g/mol. The second-order valence-corrected chi connectivity index (χ2v) is 6.88. The van der Waals surface area contributed by atoms with Gasteiger partial charge in [-0.2, -0.15) is 13.2 Å². The summed E-state index contributed by atoms with van der Waals surface area (Å²) < 4.78 is 43.9. The minimum absolute atomic E-state index is 0.0495. The number of nitrogens with one attached hydrogen (secondary N) is 1. The number of hydrogen-bond acceptors (Lipinski definition) is 2. The zero-order valence-corrected chi connectivity index (χ0v) is 14.5. The highest BCUT2D eigenvalue weighted by Gasteiger charge is 2.30. The lowest BCUT2D eigenvalue weighted by molar-refractivity contribution is -0.137. The molecule has 0 unspecified atom stereocenters. The van der Waals surface area contributed by atoms with E-state index in [9.17, 15) is 18.0 Å². The van der Waals surface area contributed by atoms with Crippen molar-refractivity contribution in [3.8, 4) is 0 Å². The van der Waals surface area contributed by atoms with Crippen LogP contribution < -0.4 is 5.32 Å². The van der Waals surface area contributed by atoms with E-state index in [0.717, 1.165) is 47.9 Å². The van der Waals surface area contributed by atoms with Gasteiger partial charge in [0.2, 0.25) is 5.91 Å². The summed E-state index contributed by atoms with van der Waals surface area (Å²) >= 11 is 0. The van der Waals surface area contributed by atoms with Gasteiger partial charge in [-0.05, 0) is 60.2 Å². The van der Waals surface area contributed by atoms with Crippen LogP contribution in [0.15, 0.2) is 47.1 Å². The van der Waals surface area contributed by atoms with E-state index in [2.05, 4.69) is 11.4 Å². The molecular formula is C21H18F3NO2. The van der Waals surface area contributed by atoms with Crippen molar-refractivity contribution < 1.29 is 22.4 Å². The average Bonchev–Trinajstić information content (AvgIpc) is 3.24. The van der Waals surface area contributed by atoms with Crippen molar-refractivity contribution in [2.24, 2.45) is 0 Å². The summed E-state index contributed by atoms with van der Waals surface area (Å²) in [7, 11) is 0. The lowest BCUT2D eigenvalue weighted by Gasteiger charge is -2.09. The molecule has 1 heterocycles. The topological polar surface area (TPSA) is 42.2 Å². The smallest absolute Gasteiger partial charge is 0.416 e. The number of alkyl halides is 3. The quantitative estimate of drug-likeness (QED) is 0.714. The number of rotatable bonds is 4. The molecule has 0 bridgehead atoms. The summed E-state index contributed by atoms with van der Waals surface area (Å²) in [5.74, 6) is -0.254. The van der Waals surface area contributed by atoms with Gasteiger partial charge in [0.25, 0.3) is 0 Å². The zero-order valence-electron chi connectivity index (χ0n) is 14.5. The Hall–Kier alpha value is -2.76. The maximum absolute atomic E-state index is 12.8. The van der Waals surface area contributed by atoms with Crippen molar-refractivity contribution in [2.45, 2.75) is 38.4 Å². The van der Waals surface area contributed by atoms with E-state index in [4.69, 9.17) is 4.42 Å². The molecule has 0 fully saturated rings. The molecule has 3 nitrogen and oxygen atoms in total. The van der Waals surface area contributed by atoms with Gasteiger partial charge in [0.05, 0.1) is 18.2 Å². The normalized spacial score (nSPS) is 13.7. The Morgan fingerprint density at radius 3 is 2.67 bits per heavy atom. The Morgan fingerprint density at radius 2 is 1.89 bits per heavy atom. The summed E-state index contributed by atoms with van der Waals surface area (Å²) in [6.07, 6.45) is 0.551. The Labute approximate surface area is 154 Å². The summed E-state index contributed by atoms with van der Waals surface area (Å²) in [5.41, 5.74) is 3.86. The van der Waals surface area contributed by atoms with Crippen molar-refractivity contribution >= 4 is 16.9 Å². The average molecular weight is 373 g/mol.